The van der Waals surface area contributed by atoms with Crippen molar-refractivity contribution in [2.75, 3.05) is 26.2 Å². The molecule has 4 aromatic rings. The fourth-order valence-electron chi connectivity index (χ4n) is 4.00. The van der Waals surface area contributed by atoms with Crippen LogP contribution in [0.4, 0.5) is 4.39 Å². The van der Waals surface area contributed by atoms with E-state index in [1.54, 1.807) is 23.5 Å². The molecule has 0 saturated carbocycles. The predicted molar refractivity (Wildman–Crippen MR) is 116 cm³/mol. The van der Waals surface area contributed by atoms with Crippen molar-refractivity contribution in [3.8, 4) is 11.1 Å². The van der Waals surface area contributed by atoms with Gasteiger partial charge in [0.25, 0.3) is 0 Å². The Hall–Kier alpha value is -2.47. The van der Waals surface area contributed by atoms with Gasteiger partial charge in [-0.3, -0.25) is 9.80 Å². The van der Waals surface area contributed by atoms with Crippen LogP contribution in [0.2, 0.25) is 0 Å². The predicted octanol–water partition coefficient (Wildman–Crippen LogP) is 5.62. The second-order valence-electron chi connectivity index (χ2n) is 7.66. The molecule has 0 unspecified atom stereocenters. The Bertz CT molecular complexity index is 1100. The Morgan fingerprint density at radius 2 is 1.69 bits per heavy atom. The summed E-state index contributed by atoms with van der Waals surface area (Å²) in [5.41, 5.74) is 4.48. The van der Waals surface area contributed by atoms with Gasteiger partial charge in [-0.05, 0) is 63.8 Å². The van der Waals surface area contributed by atoms with Crippen LogP contribution in [0.5, 0.6) is 0 Å². The van der Waals surface area contributed by atoms with E-state index in [1.165, 1.54) is 17.2 Å². The fraction of sp³-hybridized carbons (Fsp3) is 0.250. The van der Waals surface area contributed by atoms with Gasteiger partial charge in [0.05, 0.1) is 6.54 Å². The SMILES string of the molecule is Fc1cccc(CN2CCN(Cc3cc4cc(-c5ccsc5)ccc4o3)CC2)c1. The number of thiophene rings is 1. The highest BCUT2D eigenvalue weighted by atomic mass is 32.1. The van der Waals surface area contributed by atoms with E-state index in [-0.39, 0.29) is 5.82 Å². The molecule has 0 amide bonds. The van der Waals surface area contributed by atoms with Gasteiger partial charge in [0, 0.05) is 38.1 Å². The number of piperazine rings is 1. The van der Waals surface area contributed by atoms with Crippen LogP contribution in [0.25, 0.3) is 22.1 Å². The minimum absolute atomic E-state index is 0.159. The lowest BCUT2D eigenvalue weighted by Gasteiger charge is -2.34. The Morgan fingerprint density at radius 1 is 0.862 bits per heavy atom. The molecule has 0 radical (unpaired) electrons. The minimum Gasteiger partial charge on any atom is -0.460 e. The molecule has 1 saturated heterocycles. The van der Waals surface area contributed by atoms with Crippen molar-refractivity contribution in [2.24, 2.45) is 0 Å². The normalized spacial score (nSPS) is 15.9. The van der Waals surface area contributed by atoms with Crippen molar-refractivity contribution >= 4 is 22.3 Å². The topological polar surface area (TPSA) is 19.6 Å². The molecule has 5 heteroatoms. The highest BCUT2D eigenvalue weighted by Crippen LogP contribution is 2.28. The van der Waals surface area contributed by atoms with E-state index >= 15 is 0 Å². The zero-order valence-electron chi connectivity index (χ0n) is 16.2. The van der Waals surface area contributed by atoms with Gasteiger partial charge >= 0.3 is 0 Å². The van der Waals surface area contributed by atoms with Gasteiger partial charge in [0.1, 0.15) is 17.2 Å². The van der Waals surface area contributed by atoms with Gasteiger partial charge in [-0.25, -0.2) is 4.39 Å². The van der Waals surface area contributed by atoms with Crippen LogP contribution in [0.1, 0.15) is 11.3 Å². The summed E-state index contributed by atoms with van der Waals surface area (Å²) in [7, 11) is 0. The first-order valence-electron chi connectivity index (χ1n) is 9.97. The van der Waals surface area contributed by atoms with E-state index in [9.17, 15) is 4.39 Å². The molecule has 2 aromatic heterocycles. The first kappa shape index (κ1) is 18.6. The zero-order chi connectivity index (χ0) is 19.6. The lowest BCUT2D eigenvalue weighted by Crippen LogP contribution is -2.45. The second kappa shape index (κ2) is 8.11. The maximum absolute atomic E-state index is 13.4. The van der Waals surface area contributed by atoms with E-state index in [1.807, 2.05) is 6.07 Å². The van der Waals surface area contributed by atoms with Crippen molar-refractivity contribution in [1.29, 1.82) is 0 Å². The van der Waals surface area contributed by atoms with Gasteiger partial charge < -0.3 is 4.42 Å². The average molecular weight is 407 g/mol. The van der Waals surface area contributed by atoms with Crippen LogP contribution in [-0.4, -0.2) is 36.0 Å². The van der Waals surface area contributed by atoms with Gasteiger partial charge in [0.15, 0.2) is 0 Å². The Labute approximate surface area is 174 Å². The lowest BCUT2D eigenvalue weighted by molar-refractivity contribution is 0.116. The molecule has 2 aromatic carbocycles. The molecule has 3 nitrogen and oxygen atoms in total. The van der Waals surface area contributed by atoms with Crippen molar-refractivity contribution in [3.63, 3.8) is 0 Å². The Morgan fingerprint density at radius 3 is 2.45 bits per heavy atom. The van der Waals surface area contributed by atoms with Crippen molar-refractivity contribution in [1.82, 2.24) is 9.80 Å². The molecule has 5 rings (SSSR count). The number of hydrogen-bond acceptors (Lipinski definition) is 4. The maximum Gasteiger partial charge on any atom is 0.134 e. The summed E-state index contributed by atoms with van der Waals surface area (Å²) >= 11 is 1.72. The van der Waals surface area contributed by atoms with Crippen LogP contribution in [0.3, 0.4) is 0 Å². The molecule has 0 atom stereocenters. The summed E-state index contributed by atoms with van der Waals surface area (Å²) in [5.74, 6) is 0.856. The molecule has 1 aliphatic rings. The second-order valence-corrected chi connectivity index (χ2v) is 8.44. The third kappa shape index (κ3) is 4.27. The van der Waals surface area contributed by atoms with Gasteiger partial charge in [0.2, 0.25) is 0 Å². The maximum atomic E-state index is 13.4. The van der Waals surface area contributed by atoms with E-state index in [0.717, 1.165) is 61.6 Å². The standard InChI is InChI=1S/C24H23FN2OS/c25-22-3-1-2-18(12-22)15-26-7-9-27(10-8-26)16-23-14-21-13-19(4-5-24(21)28-23)20-6-11-29-17-20/h1-6,11-14,17H,7-10,15-16H2. The van der Waals surface area contributed by atoms with Crippen LogP contribution in [0, 0.1) is 5.82 Å². The van der Waals surface area contributed by atoms with E-state index < -0.39 is 0 Å². The molecule has 29 heavy (non-hydrogen) atoms. The Kier molecular flexibility index (Phi) is 5.19. The highest BCUT2D eigenvalue weighted by Gasteiger charge is 2.18. The van der Waals surface area contributed by atoms with Gasteiger partial charge in [-0.15, -0.1) is 0 Å². The number of nitrogens with zero attached hydrogens (tertiary/aromatic N) is 2. The van der Waals surface area contributed by atoms with Crippen molar-refractivity contribution in [2.45, 2.75) is 13.1 Å². The molecule has 0 bridgehead atoms. The number of rotatable bonds is 5. The third-order valence-electron chi connectivity index (χ3n) is 5.56. The molecule has 0 N–H and O–H groups in total. The summed E-state index contributed by atoms with van der Waals surface area (Å²) in [6, 6.07) is 17.6. The monoisotopic (exact) mass is 406 g/mol. The number of hydrogen-bond donors (Lipinski definition) is 0. The summed E-state index contributed by atoms with van der Waals surface area (Å²) in [5, 5.41) is 5.44. The molecule has 3 heterocycles. The largest absolute Gasteiger partial charge is 0.460 e. The average Bonchev–Trinajstić information content (AvgIpc) is 3.38. The number of benzene rings is 2. The number of fused-ring (bicyclic) bond motifs is 1. The van der Waals surface area contributed by atoms with Crippen LogP contribution >= 0.6 is 11.3 Å². The smallest absolute Gasteiger partial charge is 0.134 e. The zero-order valence-corrected chi connectivity index (χ0v) is 17.0. The first-order chi connectivity index (χ1) is 14.2. The van der Waals surface area contributed by atoms with E-state index in [0.29, 0.717) is 0 Å². The molecule has 1 aliphatic heterocycles. The third-order valence-corrected chi connectivity index (χ3v) is 6.24. The molecule has 0 spiro atoms. The fourth-order valence-corrected chi connectivity index (χ4v) is 4.67. The summed E-state index contributed by atoms with van der Waals surface area (Å²) in [6.45, 7) is 5.59. The molecule has 0 aliphatic carbocycles. The van der Waals surface area contributed by atoms with Crippen molar-refractivity contribution in [3.05, 3.63) is 82.5 Å². The Balaban J connectivity index is 1.20. The van der Waals surface area contributed by atoms with Gasteiger partial charge in [-0.1, -0.05) is 18.2 Å². The van der Waals surface area contributed by atoms with Gasteiger partial charge in [-0.2, -0.15) is 11.3 Å². The molecular formula is C24H23FN2OS. The summed E-state index contributed by atoms with van der Waals surface area (Å²) in [4.78, 5) is 4.82. The van der Waals surface area contributed by atoms with Crippen LogP contribution in [0.15, 0.2) is 69.8 Å². The highest BCUT2D eigenvalue weighted by molar-refractivity contribution is 7.08. The van der Waals surface area contributed by atoms with E-state index in [2.05, 4.69) is 50.9 Å². The molecule has 148 valence electrons. The lowest BCUT2D eigenvalue weighted by atomic mass is 10.1. The first-order valence-corrected chi connectivity index (χ1v) is 10.9. The summed E-state index contributed by atoms with van der Waals surface area (Å²) in [6.07, 6.45) is 0. The van der Waals surface area contributed by atoms with Crippen molar-refractivity contribution < 1.29 is 8.81 Å². The minimum atomic E-state index is -0.159. The summed E-state index contributed by atoms with van der Waals surface area (Å²) < 4.78 is 19.5. The quantitative estimate of drug-likeness (QED) is 0.429. The van der Waals surface area contributed by atoms with Crippen LogP contribution in [-0.2, 0) is 13.1 Å². The molecular weight excluding hydrogens is 383 g/mol. The number of halogens is 1. The molecule has 1 fully saturated rings. The van der Waals surface area contributed by atoms with Crippen LogP contribution < -0.4 is 0 Å². The van der Waals surface area contributed by atoms with E-state index in [4.69, 9.17) is 4.42 Å². The number of furan rings is 1.